The van der Waals surface area contributed by atoms with Crippen molar-refractivity contribution in [3.05, 3.63) is 53.2 Å². The highest BCUT2D eigenvalue weighted by Gasteiger charge is 2.45. The molecule has 1 saturated heterocycles. The number of nitrogens with zero attached hydrogens (tertiary/aromatic N) is 3. The third-order valence-corrected chi connectivity index (χ3v) is 5.17. The largest absolute Gasteiger partial charge is 0.417 e. The fourth-order valence-electron chi connectivity index (χ4n) is 3.23. The minimum Gasteiger partial charge on any atom is -0.390 e. The van der Waals surface area contributed by atoms with Gasteiger partial charge >= 0.3 is 12.2 Å². The monoisotopic (exact) mass is 454 g/mol. The molecular formula is C19H18ClF3N6O2. The van der Waals surface area contributed by atoms with E-state index in [0.29, 0.717) is 24.0 Å². The number of alkyl halides is 3. The maximum Gasteiger partial charge on any atom is 0.417 e. The van der Waals surface area contributed by atoms with E-state index in [9.17, 15) is 18.0 Å². The summed E-state index contributed by atoms with van der Waals surface area (Å²) in [6.07, 6.45) is -3.86. The van der Waals surface area contributed by atoms with E-state index in [-0.39, 0.29) is 23.4 Å². The standard InChI is InChI=1S/C19H18ClF3N6O2/c1-18(26-17(30)29(28-18)12-5-3-2-4-6-12)15-8-13(31-27-15)10-25-16-14(20)7-11(9-24-16)19(21,22)23/h2-7,9,13,28H,8,10H2,1H3,(H,24,25)(H,26,30). The summed E-state index contributed by atoms with van der Waals surface area (Å²) in [6.45, 7) is 1.97. The summed E-state index contributed by atoms with van der Waals surface area (Å²) in [5, 5.41) is 11.0. The molecule has 0 aliphatic carbocycles. The molecule has 0 radical (unpaired) electrons. The van der Waals surface area contributed by atoms with Gasteiger partial charge in [-0.1, -0.05) is 35.0 Å². The Kier molecular flexibility index (Phi) is 5.40. The van der Waals surface area contributed by atoms with E-state index < -0.39 is 23.5 Å². The van der Waals surface area contributed by atoms with Crippen molar-refractivity contribution >= 4 is 34.8 Å². The predicted octanol–water partition coefficient (Wildman–Crippen LogP) is 3.76. The van der Waals surface area contributed by atoms with Crippen molar-refractivity contribution in [3.63, 3.8) is 0 Å². The Morgan fingerprint density at radius 2 is 2.10 bits per heavy atom. The number of anilines is 2. The van der Waals surface area contributed by atoms with Crippen molar-refractivity contribution < 1.29 is 22.8 Å². The van der Waals surface area contributed by atoms with Crippen LogP contribution in [0.5, 0.6) is 0 Å². The lowest BCUT2D eigenvalue weighted by Crippen LogP contribution is -2.55. The maximum absolute atomic E-state index is 12.7. The first-order chi connectivity index (χ1) is 14.7. The van der Waals surface area contributed by atoms with Gasteiger partial charge in [0, 0.05) is 12.6 Å². The molecule has 2 aliphatic heterocycles. The Bertz CT molecular complexity index is 1020. The van der Waals surface area contributed by atoms with E-state index in [1.165, 1.54) is 5.01 Å². The zero-order chi connectivity index (χ0) is 22.2. The lowest BCUT2D eigenvalue weighted by molar-refractivity contribution is -0.137. The molecule has 2 aromatic rings. The van der Waals surface area contributed by atoms with Gasteiger partial charge in [-0.25, -0.2) is 14.8 Å². The summed E-state index contributed by atoms with van der Waals surface area (Å²) in [5.74, 6) is 0.112. The molecule has 4 rings (SSSR count). The number of hydrazine groups is 1. The second-order valence-corrected chi connectivity index (χ2v) is 7.65. The minimum atomic E-state index is -4.52. The van der Waals surface area contributed by atoms with Crippen LogP contribution in [0.3, 0.4) is 0 Å². The van der Waals surface area contributed by atoms with Crippen molar-refractivity contribution in [2.75, 3.05) is 16.9 Å². The molecule has 0 saturated carbocycles. The smallest absolute Gasteiger partial charge is 0.390 e. The molecule has 0 bridgehead atoms. The van der Waals surface area contributed by atoms with Crippen LogP contribution in [0.4, 0.5) is 29.5 Å². The van der Waals surface area contributed by atoms with Crippen molar-refractivity contribution in [3.8, 4) is 0 Å². The molecule has 8 nitrogen and oxygen atoms in total. The van der Waals surface area contributed by atoms with E-state index in [2.05, 4.69) is 26.2 Å². The summed E-state index contributed by atoms with van der Waals surface area (Å²) in [4.78, 5) is 21.6. The van der Waals surface area contributed by atoms with Crippen LogP contribution in [0, 0.1) is 0 Å². The number of urea groups is 1. The molecule has 2 atom stereocenters. The van der Waals surface area contributed by atoms with Crippen molar-refractivity contribution in [2.45, 2.75) is 31.3 Å². The highest BCUT2D eigenvalue weighted by molar-refractivity contribution is 6.33. The van der Waals surface area contributed by atoms with E-state index in [0.717, 1.165) is 6.07 Å². The predicted molar refractivity (Wildman–Crippen MR) is 109 cm³/mol. The number of carbonyl (C=O) groups is 1. The first kappa shape index (κ1) is 21.2. The number of para-hydroxylation sites is 1. The van der Waals surface area contributed by atoms with Gasteiger partial charge in [-0.05, 0) is 25.1 Å². The normalized spacial score (nSPS) is 23.4. The van der Waals surface area contributed by atoms with Crippen LogP contribution in [-0.4, -0.2) is 35.0 Å². The maximum atomic E-state index is 12.7. The summed E-state index contributed by atoms with van der Waals surface area (Å²) >= 11 is 5.91. The van der Waals surface area contributed by atoms with Crippen LogP contribution < -0.4 is 21.1 Å². The molecular weight excluding hydrogens is 437 g/mol. The highest BCUT2D eigenvalue weighted by Crippen LogP contribution is 2.32. The van der Waals surface area contributed by atoms with E-state index in [1.807, 2.05) is 18.2 Å². The Morgan fingerprint density at radius 3 is 2.77 bits per heavy atom. The Morgan fingerprint density at radius 1 is 1.35 bits per heavy atom. The Hall–Kier alpha value is -3.05. The Labute approximate surface area is 180 Å². The van der Waals surface area contributed by atoms with Crippen LogP contribution in [0.2, 0.25) is 5.02 Å². The third-order valence-electron chi connectivity index (χ3n) is 4.89. The van der Waals surface area contributed by atoms with Crippen molar-refractivity contribution in [2.24, 2.45) is 5.16 Å². The quantitative estimate of drug-likeness (QED) is 0.640. The van der Waals surface area contributed by atoms with Gasteiger partial charge in [-0.3, -0.25) is 0 Å². The third kappa shape index (κ3) is 4.37. The van der Waals surface area contributed by atoms with E-state index in [4.69, 9.17) is 16.4 Å². The number of benzene rings is 1. The molecule has 1 aromatic heterocycles. The van der Waals surface area contributed by atoms with Crippen LogP contribution >= 0.6 is 11.6 Å². The molecule has 2 unspecified atom stereocenters. The van der Waals surface area contributed by atoms with Crippen molar-refractivity contribution in [1.82, 2.24) is 15.7 Å². The fraction of sp³-hybridized carbons (Fsp3) is 0.316. The van der Waals surface area contributed by atoms with Gasteiger partial charge in [-0.2, -0.15) is 18.6 Å². The zero-order valence-electron chi connectivity index (χ0n) is 16.2. The molecule has 3 N–H and O–H groups in total. The molecule has 164 valence electrons. The van der Waals surface area contributed by atoms with Crippen LogP contribution in [0.1, 0.15) is 18.9 Å². The average Bonchev–Trinajstić information content (AvgIpc) is 3.32. The highest BCUT2D eigenvalue weighted by atomic mass is 35.5. The number of halogens is 4. The number of hydrogen-bond donors (Lipinski definition) is 3. The van der Waals surface area contributed by atoms with Gasteiger partial charge in [0.05, 0.1) is 22.8 Å². The summed E-state index contributed by atoms with van der Waals surface area (Å²) in [6, 6.07) is 9.54. The number of rotatable bonds is 5. The number of oxime groups is 1. The van der Waals surface area contributed by atoms with Gasteiger partial charge in [0.15, 0.2) is 0 Å². The minimum absolute atomic E-state index is 0.112. The molecule has 1 aromatic carbocycles. The molecule has 12 heteroatoms. The fourth-order valence-corrected chi connectivity index (χ4v) is 3.47. The molecule has 2 aliphatic rings. The van der Waals surface area contributed by atoms with Crippen LogP contribution in [-0.2, 0) is 11.0 Å². The number of nitrogens with one attached hydrogen (secondary N) is 3. The zero-order valence-corrected chi connectivity index (χ0v) is 17.0. The molecule has 2 amide bonds. The summed E-state index contributed by atoms with van der Waals surface area (Å²) in [5.41, 5.74) is 2.46. The average molecular weight is 455 g/mol. The number of pyridine rings is 1. The van der Waals surface area contributed by atoms with Gasteiger partial charge < -0.3 is 15.5 Å². The summed E-state index contributed by atoms with van der Waals surface area (Å²) < 4.78 is 38.2. The topological polar surface area (TPSA) is 90.9 Å². The molecule has 31 heavy (non-hydrogen) atoms. The number of aromatic nitrogens is 1. The summed E-state index contributed by atoms with van der Waals surface area (Å²) in [7, 11) is 0. The first-order valence-corrected chi connectivity index (χ1v) is 9.68. The van der Waals surface area contributed by atoms with Gasteiger partial charge in [0.1, 0.15) is 23.3 Å². The second-order valence-electron chi connectivity index (χ2n) is 7.24. The Balaban J connectivity index is 1.36. The van der Waals surface area contributed by atoms with E-state index in [1.54, 1.807) is 19.1 Å². The number of amides is 2. The number of carbonyl (C=O) groups excluding carboxylic acids is 1. The van der Waals surface area contributed by atoms with Gasteiger partial charge in [-0.15, -0.1) is 0 Å². The van der Waals surface area contributed by atoms with Gasteiger partial charge in [0.25, 0.3) is 0 Å². The molecule has 1 fully saturated rings. The second kappa shape index (κ2) is 7.89. The van der Waals surface area contributed by atoms with Gasteiger partial charge in [0.2, 0.25) is 0 Å². The van der Waals surface area contributed by atoms with E-state index >= 15 is 0 Å². The van der Waals surface area contributed by atoms with Crippen molar-refractivity contribution in [1.29, 1.82) is 0 Å². The molecule has 0 spiro atoms. The number of hydrogen-bond acceptors (Lipinski definition) is 6. The van der Waals surface area contributed by atoms with Crippen LogP contribution in [0.15, 0.2) is 47.8 Å². The van der Waals surface area contributed by atoms with Crippen LogP contribution in [0.25, 0.3) is 0 Å². The lowest BCUT2D eigenvalue weighted by atomic mass is 10.0. The lowest BCUT2D eigenvalue weighted by Gasteiger charge is -2.24. The molecule has 3 heterocycles. The SMILES string of the molecule is CC1(C2=NOC(CNc3ncc(C(F)(F)F)cc3Cl)C2)NC(=O)N(c2ccccc2)N1. The first-order valence-electron chi connectivity index (χ1n) is 9.30.